The molecule has 0 aliphatic heterocycles. The quantitative estimate of drug-likeness (QED) is 0.927. The summed E-state index contributed by atoms with van der Waals surface area (Å²) in [7, 11) is 2.05. The number of hydrogen-bond acceptors (Lipinski definition) is 3. The normalized spacial score (nSPS) is 34.2. The number of nitrogens with one attached hydrogen (secondary N) is 1. The van der Waals surface area contributed by atoms with E-state index in [1.165, 1.54) is 61.3 Å². The smallest absolute Gasteiger partial charge is 0.132 e. The zero-order valence-electron chi connectivity index (χ0n) is 13.4. The molecule has 1 aromatic rings. The van der Waals surface area contributed by atoms with Crippen molar-refractivity contribution in [3.8, 4) is 0 Å². The molecule has 0 amide bonds. The molecule has 114 valence electrons. The second-order valence-corrected chi connectivity index (χ2v) is 7.54. The molecule has 0 radical (unpaired) electrons. The van der Waals surface area contributed by atoms with Crippen LogP contribution in [0.5, 0.6) is 0 Å². The minimum Gasteiger partial charge on any atom is -0.319 e. The summed E-state index contributed by atoms with van der Waals surface area (Å²) in [5.74, 6) is 4.47. The number of aromatic nitrogens is 2. The Morgan fingerprint density at radius 3 is 2.76 bits per heavy atom. The molecule has 2 fully saturated rings. The summed E-state index contributed by atoms with van der Waals surface area (Å²) in [5, 5.41) is 3.32. The van der Waals surface area contributed by atoms with Crippen molar-refractivity contribution in [2.75, 3.05) is 13.6 Å². The van der Waals surface area contributed by atoms with Gasteiger partial charge in [0, 0.05) is 17.3 Å². The molecule has 1 N–H and O–H groups in total. The van der Waals surface area contributed by atoms with Crippen molar-refractivity contribution in [3.63, 3.8) is 0 Å². The standard InChI is InChI=1S/C18H27N3/c1-11-15-9-13(10-19-2)4-6-17(15)21-18(20-11)16-8-12-3-5-14(16)7-12/h12-14,16,19H,3-10H2,1-2H3. The summed E-state index contributed by atoms with van der Waals surface area (Å²) in [6.07, 6.45) is 9.26. The van der Waals surface area contributed by atoms with Crippen LogP contribution in [0.3, 0.4) is 0 Å². The minimum absolute atomic E-state index is 0.669. The van der Waals surface area contributed by atoms with Gasteiger partial charge in [0.1, 0.15) is 5.82 Å². The molecule has 4 unspecified atom stereocenters. The fourth-order valence-electron chi connectivity index (χ4n) is 5.07. The predicted octanol–water partition coefficient (Wildman–Crippen LogP) is 3.01. The second kappa shape index (κ2) is 5.35. The summed E-state index contributed by atoms with van der Waals surface area (Å²) in [6.45, 7) is 3.33. The van der Waals surface area contributed by atoms with Gasteiger partial charge in [0.05, 0.1) is 0 Å². The van der Waals surface area contributed by atoms with Crippen molar-refractivity contribution in [2.24, 2.45) is 17.8 Å². The van der Waals surface area contributed by atoms with Crippen LogP contribution in [0.2, 0.25) is 0 Å². The lowest BCUT2D eigenvalue weighted by molar-refractivity contribution is 0.396. The summed E-state index contributed by atoms with van der Waals surface area (Å²) in [5.41, 5.74) is 4.08. The molecule has 4 atom stereocenters. The monoisotopic (exact) mass is 285 g/mol. The van der Waals surface area contributed by atoms with Crippen LogP contribution in [0.4, 0.5) is 0 Å². The van der Waals surface area contributed by atoms with Gasteiger partial charge in [0.25, 0.3) is 0 Å². The first-order valence-electron chi connectivity index (χ1n) is 8.75. The lowest BCUT2D eigenvalue weighted by atomic mass is 9.84. The topological polar surface area (TPSA) is 37.8 Å². The maximum atomic E-state index is 5.04. The van der Waals surface area contributed by atoms with Crippen LogP contribution in [0, 0.1) is 24.7 Å². The first-order chi connectivity index (χ1) is 10.2. The van der Waals surface area contributed by atoms with Crippen LogP contribution in [0.25, 0.3) is 0 Å². The molecule has 0 saturated heterocycles. The molecule has 0 aromatic carbocycles. The highest BCUT2D eigenvalue weighted by Crippen LogP contribution is 2.52. The van der Waals surface area contributed by atoms with Crippen LogP contribution in [-0.2, 0) is 12.8 Å². The van der Waals surface area contributed by atoms with Gasteiger partial charge in [-0.05, 0) is 82.4 Å². The zero-order valence-corrected chi connectivity index (χ0v) is 13.4. The third-order valence-electron chi connectivity index (χ3n) is 6.16. The van der Waals surface area contributed by atoms with Crippen molar-refractivity contribution in [3.05, 3.63) is 22.8 Å². The van der Waals surface area contributed by atoms with Gasteiger partial charge in [-0.1, -0.05) is 6.42 Å². The van der Waals surface area contributed by atoms with E-state index in [2.05, 4.69) is 19.3 Å². The Kier molecular flexibility index (Phi) is 3.49. The van der Waals surface area contributed by atoms with Crippen molar-refractivity contribution in [1.82, 2.24) is 15.3 Å². The first-order valence-corrected chi connectivity index (χ1v) is 8.75. The van der Waals surface area contributed by atoms with Gasteiger partial charge in [0.15, 0.2) is 0 Å². The zero-order chi connectivity index (χ0) is 14.4. The fraction of sp³-hybridized carbons (Fsp3) is 0.778. The minimum atomic E-state index is 0.669. The van der Waals surface area contributed by atoms with E-state index in [1.807, 2.05) is 0 Å². The van der Waals surface area contributed by atoms with E-state index in [1.54, 1.807) is 0 Å². The largest absolute Gasteiger partial charge is 0.319 e. The molecule has 1 heterocycles. The number of rotatable bonds is 3. The number of hydrogen-bond donors (Lipinski definition) is 1. The van der Waals surface area contributed by atoms with Crippen LogP contribution >= 0.6 is 0 Å². The molecule has 3 nitrogen and oxygen atoms in total. The van der Waals surface area contributed by atoms with Gasteiger partial charge in [-0.15, -0.1) is 0 Å². The second-order valence-electron chi connectivity index (χ2n) is 7.54. The van der Waals surface area contributed by atoms with E-state index in [0.717, 1.165) is 30.7 Å². The van der Waals surface area contributed by atoms with Gasteiger partial charge >= 0.3 is 0 Å². The van der Waals surface area contributed by atoms with Crippen molar-refractivity contribution in [2.45, 2.75) is 57.8 Å². The van der Waals surface area contributed by atoms with Gasteiger partial charge < -0.3 is 5.32 Å². The lowest BCUT2D eigenvalue weighted by Gasteiger charge is -2.27. The van der Waals surface area contributed by atoms with Crippen molar-refractivity contribution in [1.29, 1.82) is 0 Å². The summed E-state index contributed by atoms with van der Waals surface area (Å²) < 4.78 is 0. The molecule has 3 aliphatic carbocycles. The predicted molar refractivity (Wildman–Crippen MR) is 84.4 cm³/mol. The van der Waals surface area contributed by atoms with Gasteiger partial charge in [-0.3, -0.25) is 0 Å². The Morgan fingerprint density at radius 1 is 1.14 bits per heavy atom. The number of nitrogens with zero attached hydrogens (tertiary/aromatic N) is 2. The Hall–Kier alpha value is -0.960. The Labute approximate surface area is 128 Å². The number of aryl methyl sites for hydroxylation is 2. The van der Waals surface area contributed by atoms with E-state index in [-0.39, 0.29) is 0 Å². The first kappa shape index (κ1) is 13.7. The van der Waals surface area contributed by atoms with E-state index >= 15 is 0 Å². The maximum absolute atomic E-state index is 5.04. The Balaban J connectivity index is 1.60. The summed E-state index contributed by atoms with van der Waals surface area (Å²) in [6, 6.07) is 0. The summed E-state index contributed by atoms with van der Waals surface area (Å²) >= 11 is 0. The lowest BCUT2D eigenvalue weighted by Crippen LogP contribution is -2.27. The Bertz CT molecular complexity index is 540. The molecule has 1 aromatic heterocycles. The SMILES string of the molecule is CNCC1CCc2nc(C3CC4CCC3C4)nc(C)c2C1. The number of fused-ring (bicyclic) bond motifs is 3. The van der Waals surface area contributed by atoms with Gasteiger partial charge in [-0.2, -0.15) is 0 Å². The highest BCUT2D eigenvalue weighted by Gasteiger charge is 2.42. The molecule has 3 heteroatoms. The van der Waals surface area contributed by atoms with Gasteiger partial charge in [-0.25, -0.2) is 9.97 Å². The van der Waals surface area contributed by atoms with Crippen LogP contribution in [-0.4, -0.2) is 23.6 Å². The van der Waals surface area contributed by atoms with Gasteiger partial charge in [0.2, 0.25) is 0 Å². The molecule has 0 spiro atoms. The van der Waals surface area contributed by atoms with E-state index in [9.17, 15) is 0 Å². The summed E-state index contributed by atoms with van der Waals surface area (Å²) in [4.78, 5) is 9.99. The van der Waals surface area contributed by atoms with Crippen LogP contribution < -0.4 is 5.32 Å². The van der Waals surface area contributed by atoms with Crippen LogP contribution in [0.1, 0.15) is 60.8 Å². The third-order valence-corrected chi connectivity index (χ3v) is 6.16. The molecule has 2 saturated carbocycles. The highest BCUT2D eigenvalue weighted by atomic mass is 14.9. The van der Waals surface area contributed by atoms with Crippen molar-refractivity contribution < 1.29 is 0 Å². The Morgan fingerprint density at radius 2 is 2.05 bits per heavy atom. The average Bonchev–Trinajstić information content (AvgIpc) is 3.11. The average molecular weight is 285 g/mol. The molecule has 21 heavy (non-hydrogen) atoms. The molecular formula is C18H27N3. The van der Waals surface area contributed by atoms with Crippen LogP contribution in [0.15, 0.2) is 0 Å². The molecule has 2 bridgehead atoms. The third kappa shape index (κ3) is 2.40. The molecular weight excluding hydrogens is 258 g/mol. The molecule has 4 rings (SSSR count). The van der Waals surface area contributed by atoms with E-state index in [4.69, 9.17) is 9.97 Å². The maximum Gasteiger partial charge on any atom is 0.132 e. The van der Waals surface area contributed by atoms with Crippen molar-refractivity contribution >= 4 is 0 Å². The highest BCUT2D eigenvalue weighted by molar-refractivity contribution is 5.29. The fourth-order valence-corrected chi connectivity index (χ4v) is 5.07. The van der Waals surface area contributed by atoms with E-state index in [0.29, 0.717) is 5.92 Å². The molecule has 3 aliphatic rings. The van der Waals surface area contributed by atoms with E-state index < -0.39 is 0 Å².